The summed E-state index contributed by atoms with van der Waals surface area (Å²) < 4.78 is 10.5. The summed E-state index contributed by atoms with van der Waals surface area (Å²) in [5, 5.41) is 3.59. The van der Waals surface area contributed by atoms with E-state index >= 15 is 0 Å². The van der Waals surface area contributed by atoms with Crippen LogP contribution in [0.3, 0.4) is 0 Å². The topological polar surface area (TPSA) is 38.3 Å². The van der Waals surface area contributed by atoms with E-state index < -0.39 is 0 Å². The Labute approximate surface area is 108 Å². The standard InChI is InChI=1S/C15H21NO2/c1-2-8-16-14(11-13-7-10-17-12-13)5-6-15-4-3-9-18-15/h3-4,7,9-10,12,14,16H,2,5-6,8,11H2,1H3. The first kappa shape index (κ1) is 13.0. The van der Waals surface area contributed by atoms with Crippen LogP contribution in [0.15, 0.2) is 45.8 Å². The van der Waals surface area contributed by atoms with E-state index in [4.69, 9.17) is 8.83 Å². The quantitative estimate of drug-likeness (QED) is 0.776. The Bertz CT molecular complexity index is 406. The van der Waals surface area contributed by atoms with Crippen LogP contribution in [0.4, 0.5) is 0 Å². The predicted octanol–water partition coefficient (Wildman–Crippen LogP) is 3.42. The van der Waals surface area contributed by atoms with Crippen LogP contribution < -0.4 is 5.32 Å². The van der Waals surface area contributed by atoms with Crippen molar-refractivity contribution >= 4 is 0 Å². The lowest BCUT2D eigenvalue weighted by Crippen LogP contribution is -2.32. The Morgan fingerprint density at radius 1 is 1.28 bits per heavy atom. The molecule has 3 nitrogen and oxygen atoms in total. The van der Waals surface area contributed by atoms with E-state index in [-0.39, 0.29) is 0 Å². The molecule has 0 amide bonds. The van der Waals surface area contributed by atoms with Gasteiger partial charge >= 0.3 is 0 Å². The van der Waals surface area contributed by atoms with Gasteiger partial charge in [-0.05, 0) is 49.6 Å². The fraction of sp³-hybridized carbons (Fsp3) is 0.467. The number of hydrogen-bond donors (Lipinski definition) is 1. The van der Waals surface area contributed by atoms with Crippen LogP contribution in [-0.2, 0) is 12.8 Å². The summed E-state index contributed by atoms with van der Waals surface area (Å²) in [5.41, 5.74) is 1.25. The molecule has 0 saturated carbocycles. The van der Waals surface area contributed by atoms with E-state index in [1.54, 1.807) is 12.5 Å². The third kappa shape index (κ3) is 4.08. The number of aryl methyl sites for hydroxylation is 1. The van der Waals surface area contributed by atoms with Crippen LogP contribution in [0, 0.1) is 0 Å². The highest BCUT2D eigenvalue weighted by Gasteiger charge is 2.10. The summed E-state index contributed by atoms with van der Waals surface area (Å²) in [4.78, 5) is 0. The Balaban J connectivity index is 1.84. The molecule has 0 spiro atoms. The third-order valence-electron chi connectivity index (χ3n) is 3.06. The van der Waals surface area contributed by atoms with E-state index in [9.17, 15) is 0 Å². The zero-order valence-electron chi connectivity index (χ0n) is 10.9. The zero-order chi connectivity index (χ0) is 12.6. The normalized spacial score (nSPS) is 12.7. The Kier molecular flexibility index (Phi) is 5.09. The van der Waals surface area contributed by atoms with Crippen molar-refractivity contribution in [1.82, 2.24) is 5.32 Å². The monoisotopic (exact) mass is 247 g/mol. The molecule has 18 heavy (non-hydrogen) atoms. The van der Waals surface area contributed by atoms with Gasteiger partial charge in [-0.15, -0.1) is 0 Å². The number of nitrogens with one attached hydrogen (secondary N) is 1. The van der Waals surface area contributed by atoms with Gasteiger partial charge in [0, 0.05) is 12.5 Å². The van der Waals surface area contributed by atoms with Crippen LogP contribution in [0.25, 0.3) is 0 Å². The van der Waals surface area contributed by atoms with Gasteiger partial charge in [-0.2, -0.15) is 0 Å². The van der Waals surface area contributed by atoms with Crippen molar-refractivity contribution in [2.45, 2.75) is 38.6 Å². The first-order valence-corrected chi connectivity index (χ1v) is 6.65. The van der Waals surface area contributed by atoms with E-state index in [0.717, 1.165) is 38.0 Å². The maximum atomic E-state index is 5.38. The van der Waals surface area contributed by atoms with Gasteiger partial charge in [0.05, 0.1) is 18.8 Å². The van der Waals surface area contributed by atoms with Crippen LogP contribution in [0.1, 0.15) is 31.1 Å². The van der Waals surface area contributed by atoms with Crippen LogP contribution in [0.5, 0.6) is 0 Å². The molecule has 1 atom stereocenters. The lowest BCUT2D eigenvalue weighted by atomic mass is 10.0. The van der Waals surface area contributed by atoms with Gasteiger partial charge in [0.25, 0.3) is 0 Å². The summed E-state index contributed by atoms with van der Waals surface area (Å²) in [7, 11) is 0. The van der Waals surface area contributed by atoms with Crippen LogP contribution >= 0.6 is 0 Å². The summed E-state index contributed by atoms with van der Waals surface area (Å²) >= 11 is 0. The van der Waals surface area contributed by atoms with Gasteiger partial charge < -0.3 is 14.2 Å². The van der Waals surface area contributed by atoms with Crippen LogP contribution in [0.2, 0.25) is 0 Å². The largest absolute Gasteiger partial charge is 0.472 e. The summed E-state index contributed by atoms with van der Waals surface area (Å²) in [6.07, 6.45) is 9.52. The molecule has 0 saturated heterocycles. The minimum absolute atomic E-state index is 0.479. The highest BCUT2D eigenvalue weighted by atomic mass is 16.3. The SMILES string of the molecule is CCCNC(CCc1ccco1)Cc1ccoc1. The Morgan fingerprint density at radius 3 is 2.89 bits per heavy atom. The maximum absolute atomic E-state index is 5.38. The number of rotatable bonds is 8. The number of furan rings is 2. The van der Waals surface area contributed by atoms with Crippen molar-refractivity contribution < 1.29 is 8.83 Å². The lowest BCUT2D eigenvalue weighted by Gasteiger charge is -2.17. The minimum atomic E-state index is 0.479. The zero-order valence-corrected chi connectivity index (χ0v) is 10.9. The van der Waals surface area contributed by atoms with E-state index in [1.165, 1.54) is 5.56 Å². The molecule has 2 heterocycles. The first-order chi connectivity index (χ1) is 8.88. The molecule has 0 aliphatic rings. The van der Waals surface area contributed by atoms with Crippen molar-refractivity contribution in [3.8, 4) is 0 Å². The summed E-state index contributed by atoms with van der Waals surface area (Å²) in [6.45, 7) is 3.25. The van der Waals surface area contributed by atoms with Gasteiger partial charge in [0.2, 0.25) is 0 Å². The van der Waals surface area contributed by atoms with E-state index in [0.29, 0.717) is 6.04 Å². The van der Waals surface area contributed by atoms with Gasteiger partial charge in [-0.25, -0.2) is 0 Å². The van der Waals surface area contributed by atoms with Crippen LogP contribution in [-0.4, -0.2) is 12.6 Å². The smallest absolute Gasteiger partial charge is 0.103 e. The molecule has 3 heteroatoms. The second-order valence-corrected chi connectivity index (χ2v) is 4.60. The molecular formula is C15H21NO2. The predicted molar refractivity (Wildman–Crippen MR) is 71.5 cm³/mol. The molecule has 0 radical (unpaired) electrons. The molecule has 0 aliphatic carbocycles. The molecule has 1 N–H and O–H groups in total. The van der Waals surface area contributed by atoms with Crippen molar-refractivity contribution in [3.63, 3.8) is 0 Å². The number of hydrogen-bond acceptors (Lipinski definition) is 3. The Morgan fingerprint density at radius 2 is 2.22 bits per heavy atom. The van der Waals surface area contributed by atoms with Crippen molar-refractivity contribution in [1.29, 1.82) is 0 Å². The molecule has 98 valence electrons. The highest BCUT2D eigenvalue weighted by Crippen LogP contribution is 2.11. The highest BCUT2D eigenvalue weighted by molar-refractivity contribution is 5.08. The molecule has 0 bridgehead atoms. The van der Waals surface area contributed by atoms with Gasteiger partial charge in [0.1, 0.15) is 5.76 Å². The molecular weight excluding hydrogens is 226 g/mol. The average Bonchev–Trinajstić information content (AvgIpc) is 3.05. The molecule has 2 aromatic rings. The summed E-state index contributed by atoms with van der Waals surface area (Å²) in [5.74, 6) is 1.06. The fourth-order valence-electron chi connectivity index (χ4n) is 2.09. The fourth-order valence-corrected chi connectivity index (χ4v) is 2.09. The average molecular weight is 247 g/mol. The maximum Gasteiger partial charge on any atom is 0.103 e. The second-order valence-electron chi connectivity index (χ2n) is 4.60. The van der Waals surface area contributed by atoms with Gasteiger partial charge in [0.15, 0.2) is 0 Å². The first-order valence-electron chi connectivity index (χ1n) is 6.65. The molecule has 2 aromatic heterocycles. The van der Waals surface area contributed by atoms with E-state index in [1.807, 2.05) is 24.5 Å². The molecule has 1 unspecified atom stereocenters. The molecule has 0 fully saturated rings. The second kappa shape index (κ2) is 7.07. The third-order valence-corrected chi connectivity index (χ3v) is 3.06. The lowest BCUT2D eigenvalue weighted by molar-refractivity contribution is 0.440. The minimum Gasteiger partial charge on any atom is -0.472 e. The van der Waals surface area contributed by atoms with Gasteiger partial charge in [-0.3, -0.25) is 0 Å². The molecule has 0 aromatic carbocycles. The Hall–Kier alpha value is -1.48. The summed E-state index contributed by atoms with van der Waals surface area (Å²) in [6, 6.07) is 6.50. The van der Waals surface area contributed by atoms with Gasteiger partial charge in [-0.1, -0.05) is 6.92 Å². The van der Waals surface area contributed by atoms with Crippen molar-refractivity contribution in [2.75, 3.05) is 6.54 Å². The van der Waals surface area contributed by atoms with Crippen molar-refractivity contribution in [2.24, 2.45) is 0 Å². The molecule has 2 rings (SSSR count). The van der Waals surface area contributed by atoms with E-state index in [2.05, 4.69) is 12.2 Å². The molecule has 0 aliphatic heterocycles. The van der Waals surface area contributed by atoms with Crippen molar-refractivity contribution in [3.05, 3.63) is 48.3 Å².